The maximum atomic E-state index is 9.45. The van der Waals surface area contributed by atoms with Gasteiger partial charge in [0.15, 0.2) is 0 Å². The van der Waals surface area contributed by atoms with E-state index in [9.17, 15) is 10.2 Å². The molecule has 3 nitrogen and oxygen atoms in total. The average Bonchev–Trinajstić information content (AvgIpc) is 2.69. The van der Waals surface area contributed by atoms with Gasteiger partial charge in [0.2, 0.25) is 0 Å². The number of hydrogen-bond donors (Lipinski definition) is 3. The highest BCUT2D eigenvalue weighted by molar-refractivity contribution is 5.23. The molecule has 3 heteroatoms. The zero-order valence-electron chi connectivity index (χ0n) is 17.0. The molecule has 1 rings (SSSR count). The molecule has 0 bridgehead atoms. The lowest BCUT2D eigenvalue weighted by atomic mass is 9.92. The van der Waals surface area contributed by atoms with E-state index in [1.807, 2.05) is 13.8 Å². The van der Waals surface area contributed by atoms with Crippen LogP contribution in [0, 0.1) is 0 Å². The van der Waals surface area contributed by atoms with Crippen molar-refractivity contribution in [2.24, 2.45) is 0 Å². The molecule has 1 aromatic carbocycles. The Hall–Kier alpha value is -0.900. The van der Waals surface area contributed by atoms with Crippen LogP contribution in [0.2, 0.25) is 0 Å². The van der Waals surface area contributed by atoms with Gasteiger partial charge in [0, 0.05) is 0 Å². The second-order valence-electron chi connectivity index (χ2n) is 6.68. The normalized spacial score (nSPS) is 11.1. The molecule has 0 atom stereocenters. The maximum Gasteiger partial charge on any atom is 0.0648 e. The van der Waals surface area contributed by atoms with Gasteiger partial charge in [0.1, 0.15) is 0 Å². The SMILES string of the molecule is CC.CCCCCCCCc1ccc(CCC(CO)(CO)NC)cc1. The quantitative estimate of drug-likeness (QED) is 0.459. The van der Waals surface area contributed by atoms with Crippen LogP contribution < -0.4 is 5.32 Å². The fourth-order valence-electron chi connectivity index (χ4n) is 2.86. The molecule has 0 aliphatic carbocycles. The highest BCUT2D eigenvalue weighted by atomic mass is 16.3. The van der Waals surface area contributed by atoms with Gasteiger partial charge in [-0.2, -0.15) is 0 Å². The summed E-state index contributed by atoms with van der Waals surface area (Å²) >= 11 is 0. The van der Waals surface area contributed by atoms with Gasteiger partial charge in [-0.1, -0.05) is 77.1 Å². The van der Waals surface area contributed by atoms with Crippen molar-refractivity contribution in [2.75, 3.05) is 20.3 Å². The Bertz CT molecular complexity index is 391. The predicted octanol–water partition coefficient (Wildman–Crippen LogP) is 4.49. The van der Waals surface area contributed by atoms with Crippen LogP contribution >= 0.6 is 0 Å². The molecule has 0 spiro atoms. The Morgan fingerprint density at radius 2 is 1.28 bits per heavy atom. The maximum absolute atomic E-state index is 9.45. The van der Waals surface area contributed by atoms with Crippen LogP contribution in [0.1, 0.15) is 76.8 Å². The van der Waals surface area contributed by atoms with Crippen molar-refractivity contribution >= 4 is 0 Å². The van der Waals surface area contributed by atoms with E-state index in [-0.39, 0.29) is 13.2 Å². The molecule has 25 heavy (non-hydrogen) atoms. The molecular weight excluding hydrogens is 310 g/mol. The van der Waals surface area contributed by atoms with Crippen molar-refractivity contribution in [3.05, 3.63) is 35.4 Å². The zero-order valence-corrected chi connectivity index (χ0v) is 17.0. The van der Waals surface area contributed by atoms with Crippen LogP contribution in [0.4, 0.5) is 0 Å². The van der Waals surface area contributed by atoms with Gasteiger partial charge in [-0.25, -0.2) is 0 Å². The van der Waals surface area contributed by atoms with Crippen LogP contribution in [0.5, 0.6) is 0 Å². The molecule has 0 saturated carbocycles. The van der Waals surface area contributed by atoms with Gasteiger partial charge in [0.05, 0.1) is 18.8 Å². The number of unbranched alkanes of at least 4 members (excludes halogenated alkanes) is 5. The first-order chi connectivity index (χ1) is 12.2. The van der Waals surface area contributed by atoms with Gasteiger partial charge in [-0.05, 0) is 43.9 Å². The third-order valence-corrected chi connectivity index (χ3v) is 4.87. The van der Waals surface area contributed by atoms with Gasteiger partial charge < -0.3 is 15.5 Å². The lowest BCUT2D eigenvalue weighted by Crippen LogP contribution is -2.50. The van der Waals surface area contributed by atoms with Gasteiger partial charge in [0.25, 0.3) is 0 Å². The van der Waals surface area contributed by atoms with E-state index in [0.717, 1.165) is 12.8 Å². The molecule has 0 amide bonds. The molecule has 1 aromatic rings. The second kappa shape index (κ2) is 15.4. The highest BCUT2D eigenvalue weighted by Crippen LogP contribution is 2.16. The van der Waals surface area contributed by atoms with Gasteiger partial charge >= 0.3 is 0 Å². The molecule has 0 fully saturated rings. The van der Waals surface area contributed by atoms with E-state index in [0.29, 0.717) is 0 Å². The minimum absolute atomic E-state index is 0.0455. The summed E-state index contributed by atoms with van der Waals surface area (Å²) in [5, 5.41) is 21.9. The number of benzene rings is 1. The number of likely N-dealkylation sites (N-methyl/N-ethyl adjacent to an activating group) is 1. The fraction of sp³-hybridized carbons (Fsp3) is 0.727. The number of rotatable bonds is 13. The summed E-state index contributed by atoms with van der Waals surface area (Å²) in [6.45, 7) is 6.16. The summed E-state index contributed by atoms with van der Waals surface area (Å²) in [6, 6.07) is 8.81. The van der Waals surface area contributed by atoms with Crippen LogP contribution in [0.3, 0.4) is 0 Å². The lowest BCUT2D eigenvalue weighted by Gasteiger charge is -2.29. The largest absolute Gasteiger partial charge is 0.394 e. The molecule has 0 radical (unpaired) electrons. The van der Waals surface area contributed by atoms with E-state index in [2.05, 4.69) is 36.5 Å². The summed E-state index contributed by atoms with van der Waals surface area (Å²) in [5.41, 5.74) is 2.10. The smallest absolute Gasteiger partial charge is 0.0648 e. The minimum atomic E-state index is -0.572. The first-order valence-electron chi connectivity index (χ1n) is 10.2. The molecule has 0 aliphatic rings. The topological polar surface area (TPSA) is 52.5 Å². The summed E-state index contributed by atoms with van der Waals surface area (Å²) in [7, 11) is 1.79. The molecule has 0 aromatic heterocycles. The van der Waals surface area contributed by atoms with E-state index in [4.69, 9.17) is 0 Å². The third-order valence-electron chi connectivity index (χ3n) is 4.87. The summed E-state index contributed by atoms with van der Waals surface area (Å²) in [5.74, 6) is 0. The number of nitrogens with one attached hydrogen (secondary N) is 1. The molecule has 0 heterocycles. The number of aliphatic hydroxyl groups is 2. The minimum Gasteiger partial charge on any atom is -0.394 e. The van der Waals surface area contributed by atoms with Crippen molar-refractivity contribution in [3.63, 3.8) is 0 Å². The van der Waals surface area contributed by atoms with Crippen LogP contribution in [0.25, 0.3) is 0 Å². The Labute approximate surface area is 155 Å². The molecule has 3 N–H and O–H groups in total. The van der Waals surface area contributed by atoms with Crippen molar-refractivity contribution in [1.29, 1.82) is 0 Å². The van der Waals surface area contributed by atoms with Crippen LogP contribution in [0.15, 0.2) is 24.3 Å². The van der Waals surface area contributed by atoms with E-state index in [1.54, 1.807) is 7.05 Å². The average molecular weight is 352 g/mol. The van der Waals surface area contributed by atoms with Crippen LogP contribution in [-0.4, -0.2) is 36.0 Å². The van der Waals surface area contributed by atoms with Gasteiger partial charge in [-0.3, -0.25) is 0 Å². The molecule has 0 unspecified atom stereocenters. The van der Waals surface area contributed by atoms with Gasteiger partial charge in [-0.15, -0.1) is 0 Å². The summed E-state index contributed by atoms with van der Waals surface area (Å²) in [4.78, 5) is 0. The highest BCUT2D eigenvalue weighted by Gasteiger charge is 2.25. The van der Waals surface area contributed by atoms with E-state index < -0.39 is 5.54 Å². The molecule has 0 saturated heterocycles. The first kappa shape index (κ1) is 24.1. The number of aliphatic hydroxyl groups excluding tert-OH is 2. The Kier molecular flexibility index (Phi) is 14.8. The summed E-state index contributed by atoms with van der Waals surface area (Å²) in [6.07, 6.45) is 10.8. The second-order valence-corrected chi connectivity index (χ2v) is 6.68. The standard InChI is InChI=1S/C20H35NO2.C2H6/c1-3-4-5-6-7-8-9-18-10-12-19(13-11-18)14-15-20(16-22,17-23)21-2;1-2/h10-13,21-23H,3-9,14-17H2,1-2H3;1-2H3. The van der Waals surface area contributed by atoms with Crippen molar-refractivity contribution < 1.29 is 10.2 Å². The fourth-order valence-corrected chi connectivity index (χ4v) is 2.86. The number of hydrogen-bond acceptors (Lipinski definition) is 3. The molecule has 146 valence electrons. The van der Waals surface area contributed by atoms with E-state index >= 15 is 0 Å². The Balaban J connectivity index is 0.00000277. The third kappa shape index (κ3) is 9.98. The predicted molar refractivity (Wildman–Crippen MR) is 109 cm³/mol. The lowest BCUT2D eigenvalue weighted by molar-refractivity contribution is 0.0906. The molecule has 0 aliphatic heterocycles. The number of aryl methyl sites for hydroxylation is 2. The van der Waals surface area contributed by atoms with E-state index in [1.165, 1.54) is 56.1 Å². The Morgan fingerprint density at radius 1 is 0.800 bits per heavy atom. The molecular formula is C22H41NO2. The first-order valence-corrected chi connectivity index (χ1v) is 10.2. The van der Waals surface area contributed by atoms with Crippen LogP contribution in [-0.2, 0) is 12.8 Å². The Morgan fingerprint density at radius 3 is 1.76 bits per heavy atom. The summed E-state index contributed by atoms with van der Waals surface area (Å²) < 4.78 is 0. The van der Waals surface area contributed by atoms with Crippen molar-refractivity contribution in [1.82, 2.24) is 5.32 Å². The van der Waals surface area contributed by atoms with Crippen molar-refractivity contribution in [2.45, 2.75) is 84.1 Å². The zero-order chi connectivity index (χ0) is 19.0. The monoisotopic (exact) mass is 351 g/mol. The van der Waals surface area contributed by atoms with Crippen molar-refractivity contribution in [3.8, 4) is 0 Å².